The van der Waals surface area contributed by atoms with Gasteiger partial charge in [0.25, 0.3) is 0 Å². The molecule has 0 unspecified atom stereocenters. The predicted octanol–water partition coefficient (Wildman–Crippen LogP) is 2.21. The summed E-state index contributed by atoms with van der Waals surface area (Å²) in [5.74, 6) is -2.05. The topological polar surface area (TPSA) is 91.6 Å². The third kappa shape index (κ3) is 4.47. The summed E-state index contributed by atoms with van der Waals surface area (Å²) in [6.45, 7) is 0. The normalized spacial score (nSPS) is 11.1. The van der Waals surface area contributed by atoms with Crippen LogP contribution in [0.4, 0.5) is 18.9 Å². The Balaban J connectivity index is 3.36. The van der Waals surface area contributed by atoms with Gasteiger partial charge in [-0.3, -0.25) is 14.9 Å². The molecule has 1 rings (SSSR count). The SMILES string of the molecule is COC(=O)Cc1cc(I)nc(OC(F)(F)F)c1[N+](=O)[O-]. The van der Waals surface area contributed by atoms with Gasteiger partial charge in [-0.25, -0.2) is 4.98 Å². The second kappa shape index (κ2) is 6.19. The number of hydrogen-bond acceptors (Lipinski definition) is 6. The zero-order valence-corrected chi connectivity index (χ0v) is 11.9. The van der Waals surface area contributed by atoms with Crippen molar-refractivity contribution in [1.29, 1.82) is 0 Å². The number of nitrogens with zero attached hydrogens (tertiary/aromatic N) is 2. The molecule has 7 nitrogen and oxygen atoms in total. The van der Waals surface area contributed by atoms with Crippen LogP contribution in [0.1, 0.15) is 5.56 Å². The minimum Gasteiger partial charge on any atom is -0.469 e. The Bertz CT molecular complexity index is 549. The van der Waals surface area contributed by atoms with E-state index in [9.17, 15) is 28.1 Å². The van der Waals surface area contributed by atoms with Crippen molar-refractivity contribution in [2.24, 2.45) is 0 Å². The number of aromatic nitrogens is 1. The van der Waals surface area contributed by atoms with E-state index in [0.29, 0.717) is 0 Å². The van der Waals surface area contributed by atoms with Crippen LogP contribution in [0.15, 0.2) is 6.07 Å². The minimum atomic E-state index is -5.13. The van der Waals surface area contributed by atoms with Gasteiger partial charge in [0.2, 0.25) is 0 Å². The van der Waals surface area contributed by atoms with Gasteiger partial charge in [0.1, 0.15) is 3.70 Å². The molecule has 0 radical (unpaired) electrons. The molecule has 1 heterocycles. The lowest BCUT2D eigenvalue weighted by atomic mass is 10.1. The molecule has 0 bridgehead atoms. The fourth-order valence-electron chi connectivity index (χ4n) is 1.27. The van der Waals surface area contributed by atoms with Gasteiger partial charge in [-0.05, 0) is 28.7 Å². The van der Waals surface area contributed by atoms with Crippen LogP contribution < -0.4 is 4.74 Å². The average molecular weight is 406 g/mol. The first kappa shape index (κ1) is 16.4. The van der Waals surface area contributed by atoms with Crippen molar-refractivity contribution >= 4 is 34.2 Å². The fraction of sp³-hybridized carbons (Fsp3) is 0.333. The number of nitro groups is 1. The van der Waals surface area contributed by atoms with Crippen LogP contribution in [0.2, 0.25) is 0 Å². The van der Waals surface area contributed by atoms with Crippen LogP contribution in [0.5, 0.6) is 5.88 Å². The first-order valence-corrected chi connectivity index (χ1v) is 5.88. The summed E-state index contributed by atoms with van der Waals surface area (Å²) >= 11 is 1.55. The highest BCUT2D eigenvalue weighted by Crippen LogP contribution is 2.34. The molecule has 0 fully saturated rings. The molecule has 11 heteroatoms. The van der Waals surface area contributed by atoms with E-state index in [1.807, 2.05) is 0 Å². The van der Waals surface area contributed by atoms with Crippen molar-refractivity contribution in [2.75, 3.05) is 7.11 Å². The Hall–Kier alpha value is -1.66. The van der Waals surface area contributed by atoms with E-state index in [4.69, 9.17) is 0 Å². The molecule has 0 amide bonds. The molecule has 0 spiro atoms. The van der Waals surface area contributed by atoms with Crippen molar-refractivity contribution < 1.29 is 32.4 Å². The number of esters is 1. The molecule has 0 aromatic carbocycles. The number of methoxy groups -OCH3 is 1. The number of halogens is 4. The minimum absolute atomic E-state index is 0.00588. The lowest BCUT2D eigenvalue weighted by molar-refractivity contribution is -0.389. The molecule has 0 aliphatic rings. The Morgan fingerprint density at radius 3 is 2.60 bits per heavy atom. The molecule has 0 atom stereocenters. The maximum atomic E-state index is 12.2. The molecule has 0 aliphatic carbocycles. The maximum Gasteiger partial charge on any atom is 0.574 e. The zero-order valence-electron chi connectivity index (χ0n) is 9.73. The van der Waals surface area contributed by atoms with Crippen molar-refractivity contribution in [2.45, 2.75) is 12.8 Å². The summed E-state index contributed by atoms with van der Waals surface area (Å²) < 4.78 is 44.4. The first-order valence-electron chi connectivity index (χ1n) is 4.80. The fourth-order valence-corrected chi connectivity index (χ4v) is 1.87. The van der Waals surface area contributed by atoms with Crippen molar-refractivity contribution in [3.8, 4) is 5.88 Å². The summed E-state index contributed by atoms with van der Waals surface area (Å²) in [6.07, 6.45) is -5.70. The van der Waals surface area contributed by atoms with Crippen molar-refractivity contribution in [3.63, 3.8) is 0 Å². The smallest absolute Gasteiger partial charge is 0.469 e. The number of pyridine rings is 1. The van der Waals surface area contributed by atoms with E-state index in [-0.39, 0.29) is 9.26 Å². The van der Waals surface area contributed by atoms with Crippen LogP contribution in [-0.4, -0.2) is 29.3 Å². The lowest BCUT2D eigenvalue weighted by Gasteiger charge is -2.10. The van der Waals surface area contributed by atoms with Crippen LogP contribution in [0.3, 0.4) is 0 Å². The third-order valence-corrected chi connectivity index (χ3v) is 2.52. The predicted molar refractivity (Wildman–Crippen MR) is 66.0 cm³/mol. The van der Waals surface area contributed by atoms with Crippen LogP contribution in [0.25, 0.3) is 0 Å². The van der Waals surface area contributed by atoms with Gasteiger partial charge in [0.15, 0.2) is 0 Å². The Morgan fingerprint density at radius 2 is 2.15 bits per heavy atom. The zero-order chi connectivity index (χ0) is 15.5. The highest BCUT2D eigenvalue weighted by molar-refractivity contribution is 14.1. The van der Waals surface area contributed by atoms with Crippen LogP contribution in [-0.2, 0) is 16.0 Å². The molecule has 0 saturated heterocycles. The largest absolute Gasteiger partial charge is 0.574 e. The van der Waals surface area contributed by atoms with Gasteiger partial charge in [-0.1, -0.05) is 0 Å². The Labute approximate surface area is 123 Å². The van der Waals surface area contributed by atoms with E-state index in [1.165, 1.54) is 0 Å². The highest BCUT2D eigenvalue weighted by atomic mass is 127. The van der Waals surface area contributed by atoms with E-state index >= 15 is 0 Å². The second-order valence-corrected chi connectivity index (χ2v) is 4.42. The number of rotatable bonds is 4. The van der Waals surface area contributed by atoms with E-state index in [1.54, 1.807) is 22.6 Å². The molecule has 20 heavy (non-hydrogen) atoms. The Morgan fingerprint density at radius 1 is 1.55 bits per heavy atom. The molecular weight excluding hydrogens is 400 g/mol. The van der Waals surface area contributed by atoms with Crippen LogP contribution >= 0.6 is 22.6 Å². The molecule has 1 aromatic rings. The summed E-state index contributed by atoms with van der Waals surface area (Å²) in [6, 6.07) is 1.11. The molecule has 1 aromatic heterocycles. The molecule has 110 valence electrons. The summed E-state index contributed by atoms with van der Waals surface area (Å²) in [7, 11) is 1.05. The van der Waals surface area contributed by atoms with Gasteiger partial charge >= 0.3 is 23.9 Å². The second-order valence-electron chi connectivity index (χ2n) is 3.32. The lowest BCUT2D eigenvalue weighted by Crippen LogP contribution is -2.20. The van der Waals surface area contributed by atoms with Crippen LogP contribution in [0, 0.1) is 13.8 Å². The molecule has 0 saturated carbocycles. The number of hydrogen-bond donors (Lipinski definition) is 0. The van der Waals surface area contributed by atoms with E-state index in [2.05, 4.69) is 14.5 Å². The summed E-state index contributed by atoms with van der Waals surface area (Å²) in [4.78, 5) is 24.2. The van der Waals surface area contributed by atoms with Gasteiger partial charge in [-0.2, -0.15) is 0 Å². The average Bonchev–Trinajstić information content (AvgIpc) is 2.24. The van der Waals surface area contributed by atoms with Gasteiger partial charge in [-0.15, -0.1) is 13.2 Å². The van der Waals surface area contributed by atoms with E-state index in [0.717, 1.165) is 13.2 Å². The maximum absolute atomic E-state index is 12.2. The Kier molecular flexibility index (Phi) is 5.08. The van der Waals surface area contributed by atoms with Crippen molar-refractivity contribution in [3.05, 3.63) is 25.4 Å². The van der Waals surface area contributed by atoms with Gasteiger partial charge in [0, 0.05) is 5.56 Å². The highest BCUT2D eigenvalue weighted by Gasteiger charge is 2.37. The summed E-state index contributed by atoms with van der Waals surface area (Å²) in [5.41, 5.74) is -1.30. The number of ether oxygens (including phenoxy) is 2. The van der Waals surface area contributed by atoms with Gasteiger partial charge in [0.05, 0.1) is 18.5 Å². The quantitative estimate of drug-likeness (QED) is 0.250. The van der Waals surface area contributed by atoms with E-state index < -0.39 is 35.2 Å². The molecular formula is C9H6F3IN2O5. The third-order valence-electron chi connectivity index (χ3n) is 1.97. The van der Waals surface area contributed by atoms with Gasteiger partial charge < -0.3 is 9.47 Å². The van der Waals surface area contributed by atoms with Crippen molar-refractivity contribution in [1.82, 2.24) is 4.98 Å². The molecule has 0 N–H and O–H groups in total. The molecule has 0 aliphatic heterocycles. The monoisotopic (exact) mass is 406 g/mol. The summed E-state index contributed by atoms with van der Waals surface area (Å²) in [5, 5.41) is 10.9. The number of carbonyl (C=O) groups is 1. The first-order chi connectivity index (χ1) is 9.14. The number of carbonyl (C=O) groups excluding carboxylic acids is 1. The number of alkyl halides is 3. The standard InChI is InChI=1S/C9H6F3IN2O5/c1-19-6(16)3-4-2-5(13)14-8(7(4)15(17)18)20-9(10,11)12/h2H,3H2,1H3.